The van der Waals surface area contributed by atoms with Gasteiger partial charge in [0.15, 0.2) is 0 Å². The number of rotatable bonds is 8. The number of anilines is 1. The molecule has 2 rings (SSSR count). The van der Waals surface area contributed by atoms with Gasteiger partial charge in [0, 0.05) is 23.3 Å². The van der Waals surface area contributed by atoms with Gasteiger partial charge < -0.3 is 5.32 Å². The quantitative estimate of drug-likeness (QED) is 0.681. The Kier molecular flexibility index (Phi) is 7.60. The smallest absolute Gasteiger partial charge is 0.241 e. The van der Waals surface area contributed by atoms with Crippen LogP contribution >= 0.6 is 11.6 Å². The average molecular weight is 424 g/mol. The number of hydrogen-bond donors (Lipinski definition) is 2. The van der Waals surface area contributed by atoms with Gasteiger partial charge in [-0.1, -0.05) is 23.7 Å². The molecule has 2 N–H and O–H groups in total. The predicted octanol–water partition coefficient (Wildman–Crippen LogP) is 3.49. The fourth-order valence-electron chi connectivity index (χ4n) is 2.60. The monoisotopic (exact) mass is 423 g/mol. The summed E-state index contributed by atoms with van der Waals surface area (Å²) in [6, 6.07) is 13.0. The lowest BCUT2D eigenvalue weighted by Crippen LogP contribution is -2.39. The zero-order valence-electron chi connectivity index (χ0n) is 16.4. The first kappa shape index (κ1) is 22.4. The maximum Gasteiger partial charge on any atom is 0.241 e. The molecule has 0 radical (unpaired) electrons. The molecule has 2 aromatic rings. The fraction of sp³-hybridized carbons (Fsp3) is 0.350. The Morgan fingerprint density at radius 2 is 1.75 bits per heavy atom. The van der Waals surface area contributed by atoms with Crippen molar-refractivity contribution in [1.82, 2.24) is 9.62 Å². The molecule has 6 nitrogen and oxygen atoms in total. The minimum Gasteiger partial charge on any atom is -0.325 e. The molecule has 0 saturated carbocycles. The van der Waals surface area contributed by atoms with Gasteiger partial charge in [0.05, 0.1) is 10.9 Å². The highest BCUT2D eigenvalue weighted by atomic mass is 35.5. The van der Waals surface area contributed by atoms with E-state index in [1.165, 1.54) is 12.1 Å². The summed E-state index contributed by atoms with van der Waals surface area (Å²) in [6.45, 7) is 5.90. The lowest BCUT2D eigenvalue weighted by molar-refractivity contribution is -0.120. The van der Waals surface area contributed by atoms with E-state index in [4.69, 9.17) is 11.6 Å². The van der Waals surface area contributed by atoms with E-state index in [0.717, 1.165) is 5.56 Å². The molecular weight excluding hydrogens is 398 g/mol. The van der Waals surface area contributed by atoms with Crippen LogP contribution in [0.3, 0.4) is 0 Å². The Morgan fingerprint density at radius 1 is 1.11 bits per heavy atom. The highest BCUT2D eigenvalue weighted by molar-refractivity contribution is 7.89. The molecule has 0 saturated heterocycles. The van der Waals surface area contributed by atoms with Crippen molar-refractivity contribution in [3.8, 4) is 0 Å². The number of carbonyl (C=O) groups is 1. The van der Waals surface area contributed by atoms with E-state index < -0.39 is 10.0 Å². The lowest BCUT2D eigenvalue weighted by Gasteiger charge is -2.24. The van der Waals surface area contributed by atoms with Gasteiger partial charge >= 0.3 is 0 Å². The third-order valence-electron chi connectivity index (χ3n) is 4.18. The number of hydrogen-bond acceptors (Lipinski definition) is 4. The summed E-state index contributed by atoms with van der Waals surface area (Å²) < 4.78 is 26.8. The van der Waals surface area contributed by atoms with Crippen molar-refractivity contribution in [2.75, 3.05) is 12.4 Å². The molecule has 0 heterocycles. The molecule has 2 aromatic carbocycles. The van der Waals surface area contributed by atoms with Crippen molar-refractivity contribution in [1.29, 1.82) is 0 Å². The van der Waals surface area contributed by atoms with Crippen molar-refractivity contribution < 1.29 is 13.2 Å². The van der Waals surface area contributed by atoms with Gasteiger partial charge in [0.1, 0.15) is 0 Å². The van der Waals surface area contributed by atoms with Crippen LogP contribution in [0.25, 0.3) is 0 Å². The molecule has 0 aromatic heterocycles. The van der Waals surface area contributed by atoms with E-state index in [1.807, 2.05) is 43.1 Å². The van der Waals surface area contributed by atoms with Crippen LogP contribution in [0.4, 0.5) is 5.69 Å². The first-order valence-corrected chi connectivity index (χ1v) is 10.8. The highest BCUT2D eigenvalue weighted by Crippen LogP contribution is 2.16. The van der Waals surface area contributed by atoms with Gasteiger partial charge in [0.25, 0.3) is 0 Å². The van der Waals surface area contributed by atoms with Crippen LogP contribution in [0.15, 0.2) is 53.4 Å². The van der Waals surface area contributed by atoms with Crippen molar-refractivity contribution >= 4 is 33.2 Å². The minimum atomic E-state index is -3.55. The second-order valence-corrected chi connectivity index (χ2v) is 9.16. The molecule has 152 valence electrons. The van der Waals surface area contributed by atoms with Gasteiger partial charge in [0.2, 0.25) is 15.9 Å². The zero-order chi connectivity index (χ0) is 20.9. The van der Waals surface area contributed by atoms with Crippen molar-refractivity contribution in [2.24, 2.45) is 0 Å². The molecule has 1 amide bonds. The molecule has 0 fully saturated rings. The minimum absolute atomic E-state index is 0.158. The third kappa shape index (κ3) is 6.31. The second kappa shape index (κ2) is 9.52. The van der Waals surface area contributed by atoms with Crippen LogP contribution in [0, 0.1) is 0 Å². The third-order valence-corrected chi connectivity index (χ3v) is 6.09. The number of nitrogens with one attached hydrogen (secondary N) is 2. The average Bonchev–Trinajstić information content (AvgIpc) is 2.60. The van der Waals surface area contributed by atoms with Crippen LogP contribution < -0.4 is 10.0 Å². The normalized spacial score (nSPS) is 13.0. The van der Waals surface area contributed by atoms with E-state index in [0.29, 0.717) is 17.3 Å². The topological polar surface area (TPSA) is 78.5 Å². The van der Waals surface area contributed by atoms with Crippen LogP contribution in [0.2, 0.25) is 5.02 Å². The number of likely N-dealkylation sites (N-methyl/N-ethyl adjacent to an activating group) is 1. The maximum atomic E-state index is 12.5. The SMILES string of the molecule is CC(C)NS(=O)(=O)c1ccc(NC(=O)[C@@H](C)N(C)Cc2cccc(Cl)c2)cc1. The van der Waals surface area contributed by atoms with Crippen molar-refractivity contribution in [3.05, 3.63) is 59.1 Å². The first-order valence-electron chi connectivity index (χ1n) is 8.96. The number of benzene rings is 2. The summed E-state index contributed by atoms with van der Waals surface area (Å²) in [5.74, 6) is -0.180. The van der Waals surface area contributed by atoms with E-state index >= 15 is 0 Å². The Labute approximate surface area is 171 Å². The second-order valence-electron chi connectivity index (χ2n) is 7.01. The van der Waals surface area contributed by atoms with Gasteiger partial charge in [-0.25, -0.2) is 13.1 Å². The van der Waals surface area contributed by atoms with E-state index in [2.05, 4.69) is 10.0 Å². The maximum absolute atomic E-state index is 12.5. The van der Waals surface area contributed by atoms with Gasteiger partial charge in [-0.2, -0.15) is 0 Å². The van der Waals surface area contributed by atoms with Gasteiger partial charge in [-0.05, 0) is 69.8 Å². The Balaban J connectivity index is 1.99. The summed E-state index contributed by atoms with van der Waals surface area (Å²) in [7, 11) is -1.69. The number of halogens is 1. The van der Waals surface area contributed by atoms with Crippen LogP contribution in [-0.4, -0.2) is 38.4 Å². The van der Waals surface area contributed by atoms with E-state index in [-0.39, 0.29) is 22.9 Å². The number of nitrogens with zero attached hydrogens (tertiary/aromatic N) is 1. The molecule has 28 heavy (non-hydrogen) atoms. The number of amides is 1. The first-order chi connectivity index (χ1) is 13.1. The Morgan fingerprint density at radius 3 is 2.32 bits per heavy atom. The Hall–Kier alpha value is -1.93. The van der Waals surface area contributed by atoms with Crippen molar-refractivity contribution in [3.63, 3.8) is 0 Å². The predicted molar refractivity (Wildman–Crippen MR) is 113 cm³/mol. The van der Waals surface area contributed by atoms with E-state index in [9.17, 15) is 13.2 Å². The molecule has 0 aliphatic carbocycles. The molecule has 1 atom stereocenters. The summed E-state index contributed by atoms with van der Waals surface area (Å²) in [4.78, 5) is 14.6. The van der Waals surface area contributed by atoms with Crippen LogP contribution in [-0.2, 0) is 21.4 Å². The molecule has 0 aliphatic rings. The van der Waals surface area contributed by atoms with E-state index in [1.54, 1.807) is 26.0 Å². The standard InChI is InChI=1S/C20H26ClN3O3S/c1-14(2)23-28(26,27)19-10-8-18(9-11-19)22-20(25)15(3)24(4)13-16-6-5-7-17(21)12-16/h5-12,14-15,23H,13H2,1-4H3,(H,22,25)/t15-/m1/s1. The molecule has 8 heteroatoms. The number of carbonyl (C=O) groups excluding carboxylic acids is 1. The molecule has 0 bridgehead atoms. The zero-order valence-corrected chi connectivity index (χ0v) is 18.0. The summed E-state index contributed by atoms with van der Waals surface area (Å²) in [5, 5.41) is 3.47. The fourth-order valence-corrected chi connectivity index (χ4v) is 4.07. The van der Waals surface area contributed by atoms with Crippen LogP contribution in [0.1, 0.15) is 26.3 Å². The van der Waals surface area contributed by atoms with Gasteiger partial charge in [-0.15, -0.1) is 0 Å². The summed E-state index contributed by atoms with van der Waals surface area (Å²) >= 11 is 6.01. The molecule has 0 aliphatic heterocycles. The summed E-state index contributed by atoms with van der Waals surface area (Å²) in [5.41, 5.74) is 1.55. The Bertz CT molecular complexity index is 915. The summed E-state index contributed by atoms with van der Waals surface area (Å²) in [6.07, 6.45) is 0. The molecule has 0 spiro atoms. The van der Waals surface area contributed by atoms with Gasteiger partial charge in [-0.3, -0.25) is 9.69 Å². The largest absolute Gasteiger partial charge is 0.325 e. The van der Waals surface area contributed by atoms with Crippen molar-refractivity contribution in [2.45, 2.75) is 44.3 Å². The number of sulfonamides is 1. The highest BCUT2D eigenvalue weighted by Gasteiger charge is 2.19. The van der Waals surface area contributed by atoms with Crippen LogP contribution in [0.5, 0.6) is 0 Å². The molecule has 0 unspecified atom stereocenters. The lowest BCUT2D eigenvalue weighted by atomic mass is 10.2. The molecular formula is C20H26ClN3O3S.